The van der Waals surface area contributed by atoms with Crippen LogP contribution in [0.2, 0.25) is 0 Å². The standard InChI is InChI=1S/C16H26N2O3/c1-3-4-5-6-7-18(8-9-19)16(20)13-10-14(17)12-15(11-13)21-2/h10-12,19H,3-9,17H2,1-2H3. The van der Waals surface area contributed by atoms with Crippen molar-refractivity contribution in [1.82, 2.24) is 4.90 Å². The maximum absolute atomic E-state index is 12.5. The molecule has 0 atom stereocenters. The van der Waals surface area contributed by atoms with Gasteiger partial charge in [-0.25, -0.2) is 0 Å². The number of benzene rings is 1. The normalized spacial score (nSPS) is 10.4. The number of aliphatic hydroxyl groups excluding tert-OH is 1. The van der Waals surface area contributed by atoms with Crippen LogP contribution in [0.3, 0.4) is 0 Å². The summed E-state index contributed by atoms with van der Waals surface area (Å²) in [5, 5.41) is 9.15. The summed E-state index contributed by atoms with van der Waals surface area (Å²) in [6.07, 6.45) is 4.35. The summed E-state index contributed by atoms with van der Waals surface area (Å²) in [5.74, 6) is 0.444. The quantitative estimate of drug-likeness (QED) is 0.541. The Kier molecular flexibility index (Phi) is 7.61. The van der Waals surface area contributed by atoms with E-state index in [2.05, 4.69) is 6.92 Å². The van der Waals surface area contributed by atoms with Crippen LogP contribution in [0.15, 0.2) is 18.2 Å². The van der Waals surface area contributed by atoms with Gasteiger partial charge in [-0.2, -0.15) is 0 Å². The van der Waals surface area contributed by atoms with Crippen molar-refractivity contribution >= 4 is 11.6 Å². The van der Waals surface area contributed by atoms with Gasteiger partial charge in [0.25, 0.3) is 5.91 Å². The summed E-state index contributed by atoms with van der Waals surface area (Å²) < 4.78 is 5.14. The Morgan fingerprint density at radius 3 is 2.62 bits per heavy atom. The van der Waals surface area contributed by atoms with E-state index < -0.39 is 0 Å². The van der Waals surface area contributed by atoms with Crippen LogP contribution >= 0.6 is 0 Å². The minimum Gasteiger partial charge on any atom is -0.497 e. The minimum absolute atomic E-state index is 0.0427. The zero-order chi connectivity index (χ0) is 15.7. The smallest absolute Gasteiger partial charge is 0.254 e. The molecule has 5 nitrogen and oxygen atoms in total. The molecule has 1 aromatic rings. The van der Waals surface area contributed by atoms with Crippen LogP contribution in [0.1, 0.15) is 43.0 Å². The van der Waals surface area contributed by atoms with E-state index in [0.29, 0.717) is 30.1 Å². The van der Waals surface area contributed by atoms with Crippen LogP contribution in [0.5, 0.6) is 5.75 Å². The first-order valence-corrected chi connectivity index (χ1v) is 7.47. The van der Waals surface area contributed by atoms with Crippen molar-refractivity contribution in [1.29, 1.82) is 0 Å². The number of aliphatic hydroxyl groups is 1. The number of carbonyl (C=O) groups excluding carboxylic acids is 1. The van der Waals surface area contributed by atoms with Gasteiger partial charge in [-0.3, -0.25) is 4.79 Å². The number of carbonyl (C=O) groups is 1. The van der Waals surface area contributed by atoms with Gasteiger partial charge in [0.2, 0.25) is 0 Å². The predicted molar refractivity (Wildman–Crippen MR) is 84.5 cm³/mol. The molecule has 0 aliphatic rings. The highest BCUT2D eigenvalue weighted by Crippen LogP contribution is 2.20. The van der Waals surface area contributed by atoms with Crippen LogP contribution in [0, 0.1) is 0 Å². The first kappa shape index (κ1) is 17.3. The minimum atomic E-state index is -0.119. The number of anilines is 1. The van der Waals surface area contributed by atoms with E-state index in [9.17, 15) is 4.79 Å². The first-order valence-electron chi connectivity index (χ1n) is 7.47. The summed E-state index contributed by atoms with van der Waals surface area (Å²) in [4.78, 5) is 14.2. The van der Waals surface area contributed by atoms with E-state index in [1.54, 1.807) is 30.2 Å². The van der Waals surface area contributed by atoms with Crippen LogP contribution < -0.4 is 10.5 Å². The lowest BCUT2D eigenvalue weighted by Crippen LogP contribution is -2.34. The van der Waals surface area contributed by atoms with E-state index in [-0.39, 0.29) is 12.5 Å². The molecule has 0 aliphatic carbocycles. The third-order valence-electron chi connectivity index (χ3n) is 3.35. The number of amides is 1. The fourth-order valence-electron chi connectivity index (χ4n) is 2.21. The number of unbranched alkanes of at least 4 members (excludes halogenated alkanes) is 3. The summed E-state index contributed by atoms with van der Waals surface area (Å²) in [6.45, 7) is 3.09. The molecule has 0 radical (unpaired) electrons. The van der Waals surface area contributed by atoms with Gasteiger partial charge in [0.1, 0.15) is 5.75 Å². The van der Waals surface area contributed by atoms with Crippen molar-refractivity contribution in [2.24, 2.45) is 0 Å². The van der Waals surface area contributed by atoms with Gasteiger partial charge in [0.05, 0.1) is 13.7 Å². The highest BCUT2D eigenvalue weighted by atomic mass is 16.5. The molecule has 118 valence electrons. The van der Waals surface area contributed by atoms with Gasteiger partial charge in [0, 0.05) is 30.4 Å². The Morgan fingerprint density at radius 1 is 1.24 bits per heavy atom. The second-order valence-corrected chi connectivity index (χ2v) is 5.07. The third kappa shape index (κ3) is 5.63. The Labute approximate surface area is 126 Å². The van der Waals surface area contributed by atoms with Gasteiger partial charge in [0.15, 0.2) is 0 Å². The summed E-state index contributed by atoms with van der Waals surface area (Å²) in [5.41, 5.74) is 6.78. The Hall–Kier alpha value is -1.75. The molecule has 0 spiro atoms. The van der Waals surface area contributed by atoms with E-state index in [4.69, 9.17) is 15.6 Å². The molecule has 0 unspecified atom stereocenters. The molecule has 0 saturated carbocycles. The van der Waals surface area contributed by atoms with Crippen molar-refractivity contribution < 1.29 is 14.6 Å². The zero-order valence-corrected chi connectivity index (χ0v) is 13.0. The number of nitrogens with two attached hydrogens (primary N) is 1. The van der Waals surface area contributed by atoms with Crippen LogP contribution in [-0.4, -0.2) is 42.7 Å². The van der Waals surface area contributed by atoms with Crippen LogP contribution in [0.25, 0.3) is 0 Å². The van der Waals surface area contributed by atoms with E-state index in [1.807, 2.05) is 0 Å². The molecular formula is C16H26N2O3. The number of hydrogen-bond acceptors (Lipinski definition) is 4. The van der Waals surface area contributed by atoms with Gasteiger partial charge in [-0.15, -0.1) is 0 Å². The molecule has 0 bridgehead atoms. The van der Waals surface area contributed by atoms with Gasteiger partial charge in [-0.05, 0) is 18.6 Å². The summed E-state index contributed by atoms with van der Waals surface area (Å²) >= 11 is 0. The number of hydrogen-bond donors (Lipinski definition) is 2. The molecule has 0 saturated heterocycles. The van der Waals surface area contributed by atoms with E-state index in [0.717, 1.165) is 25.7 Å². The molecule has 1 amide bonds. The number of ether oxygens (including phenoxy) is 1. The van der Waals surface area contributed by atoms with Gasteiger partial charge in [-0.1, -0.05) is 26.2 Å². The molecule has 1 aromatic carbocycles. The van der Waals surface area contributed by atoms with Gasteiger partial charge < -0.3 is 20.5 Å². The molecule has 0 aliphatic heterocycles. The lowest BCUT2D eigenvalue weighted by molar-refractivity contribution is 0.0718. The van der Waals surface area contributed by atoms with Crippen molar-refractivity contribution in [3.63, 3.8) is 0 Å². The number of nitrogen functional groups attached to an aromatic ring is 1. The number of rotatable bonds is 9. The Bertz CT molecular complexity index is 449. The SMILES string of the molecule is CCCCCCN(CCO)C(=O)c1cc(N)cc(OC)c1. The maximum Gasteiger partial charge on any atom is 0.254 e. The first-order chi connectivity index (χ1) is 10.1. The number of methoxy groups -OCH3 is 1. The van der Waals surface area contributed by atoms with Crippen molar-refractivity contribution in [3.8, 4) is 5.75 Å². The van der Waals surface area contributed by atoms with E-state index >= 15 is 0 Å². The molecule has 0 aromatic heterocycles. The van der Waals surface area contributed by atoms with Crippen molar-refractivity contribution in [2.75, 3.05) is 32.5 Å². The van der Waals surface area contributed by atoms with E-state index in [1.165, 1.54) is 0 Å². The van der Waals surface area contributed by atoms with Crippen LogP contribution in [0.4, 0.5) is 5.69 Å². The Balaban J connectivity index is 2.77. The second kappa shape index (κ2) is 9.23. The van der Waals surface area contributed by atoms with Crippen molar-refractivity contribution in [2.45, 2.75) is 32.6 Å². The average molecular weight is 294 g/mol. The van der Waals surface area contributed by atoms with Gasteiger partial charge >= 0.3 is 0 Å². The maximum atomic E-state index is 12.5. The lowest BCUT2D eigenvalue weighted by atomic mass is 10.1. The Morgan fingerprint density at radius 2 is 2.00 bits per heavy atom. The largest absolute Gasteiger partial charge is 0.497 e. The molecule has 1 rings (SSSR count). The fraction of sp³-hybridized carbons (Fsp3) is 0.562. The zero-order valence-electron chi connectivity index (χ0n) is 13.0. The second-order valence-electron chi connectivity index (χ2n) is 5.07. The third-order valence-corrected chi connectivity index (χ3v) is 3.35. The van der Waals surface area contributed by atoms with Crippen molar-refractivity contribution in [3.05, 3.63) is 23.8 Å². The lowest BCUT2D eigenvalue weighted by Gasteiger charge is -2.22. The number of nitrogens with zero attached hydrogens (tertiary/aromatic N) is 1. The molecule has 3 N–H and O–H groups in total. The average Bonchev–Trinajstić information content (AvgIpc) is 2.49. The highest BCUT2D eigenvalue weighted by molar-refractivity contribution is 5.95. The molecule has 5 heteroatoms. The highest BCUT2D eigenvalue weighted by Gasteiger charge is 2.16. The summed E-state index contributed by atoms with van der Waals surface area (Å²) in [6, 6.07) is 4.99. The molecule has 0 fully saturated rings. The fourth-order valence-corrected chi connectivity index (χ4v) is 2.21. The molecule has 0 heterocycles. The topological polar surface area (TPSA) is 75.8 Å². The predicted octanol–water partition coefficient (Wildman–Crippen LogP) is 2.29. The molecular weight excluding hydrogens is 268 g/mol. The molecule has 21 heavy (non-hydrogen) atoms. The van der Waals surface area contributed by atoms with Crippen LogP contribution in [-0.2, 0) is 0 Å². The summed E-state index contributed by atoms with van der Waals surface area (Å²) in [7, 11) is 1.54. The monoisotopic (exact) mass is 294 g/mol.